The number of carboxylic acid groups (broad SMARTS) is 1. The number of nitrogens with one attached hydrogen (secondary N) is 4. The zero-order valence-electron chi connectivity index (χ0n) is 39.6. The molecule has 0 aliphatic carbocycles. The summed E-state index contributed by atoms with van der Waals surface area (Å²) in [4.78, 5) is 26.3. The Balaban J connectivity index is 4.38. The number of unbranched alkanes of at least 4 members (excludes halogenated alkanes) is 31. The summed E-state index contributed by atoms with van der Waals surface area (Å²) in [5.74, 6) is -0.389. The number of hydrogen-bond acceptors (Lipinski definition) is 8. The van der Waals surface area contributed by atoms with Gasteiger partial charge >= 0.3 is 6.09 Å². The molecule has 0 saturated carbocycles. The molecular weight excluding hydrogens is 735 g/mol. The lowest BCUT2D eigenvalue weighted by Crippen LogP contribution is -2.54. The maximum Gasteiger partial charge on any atom is 0.414 e. The van der Waals surface area contributed by atoms with Crippen molar-refractivity contribution in [3.8, 4) is 0 Å². The highest BCUT2D eigenvalue weighted by atomic mass is 16.4. The number of amides is 2. The first-order valence-electron chi connectivity index (χ1n) is 26.0. The van der Waals surface area contributed by atoms with Gasteiger partial charge in [0.2, 0.25) is 5.91 Å². The van der Waals surface area contributed by atoms with Gasteiger partial charge < -0.3 is 21.5 Å². The van der Waals surface area contributed by atoms with Crippen molar-refractivity contribution in [1.29, 1.82) is 0 Å². The summed E-state index contributed by atoms with van der Waals surface area (Å²) in [6.07, 6.45) is 45.5. The monoisotopic (exact) mass is 838 g/mol. The Kier molecular flexibility index (Phi) is 48.3. The Morgan fingerprint density at radius 2 is 0.695 bits per heavy atom. The lowest BCUT2D eigenvalue weighted by atomic mass is 10.0. The van der Waals surface area contributed by atoms with Crippen molar-refractivity contribution in [1.82, 2.24) is 31.5 Å². The topological polar surface area (TPSA) is 135 Å². The van der Waals surface area contributed by atoms with Crippen molar-refractivity contribution in [2.45, 2.75) is 245 Å². The van der Waals surface area contributed by atoms with Crippen LogP contribution in [0.1, 0.15) is 245 Å². The van der Waals surface area contributed by atoms with Gasteiger partial charge in [-0.1, -0.05) is 206 Å². The van der Waals surface area contributed by atoms with E-state index in [9.17, 15) is 14.7 Å². The average Bonchev–Trinajstić information content (AvgIpc) is 3.23. The SMILES string of the molecule is CCCCCCCCCCCCCCCCCCNN(CC(=O)N(CCCNCCCCNCCCN)C(=O)O)NCCCCCCCCCCCCCCCCCC. The smallest absolute Gasteiger partial charge is 0.414 e. The first-order chi connectivity index (χ1) is 29.1. The summed E-state index contributed by atoms with van der Waals surface area (Å²) in [5, 5.41) is 18.4. The molecule has 0 atom stereocenters. The van der Waals surface area contributed by atoms with Crippen molar-refractivity contribution < 1.29 is 14.7 Å². The fourth-order valence-electron chi connectivity index (χ4n) is 7.83. The van der Waals surface area contributed by atoms with Gasteiger partial charge in [-0.05, 0) is 71.2 Å². The van der Waals surface area contributed by atoms with Crippen LogP contribution in [-0.4, -0.2) is 86.0 Å². The Labute approximate surface area is 366 Å². The fraction of sp³-hybridized carbons (Fsp3) is 0.959. The minimum Gasteiger partial charge on any atom is -0.465 e. The predicted octanol–water partition coefficient (Wildman–Crippen LogP) is 12.0. The van der Waals surface area contributed by atoms with Gasteiger partial charge in [-0.3, -0.25) is 4.79 Å². The van der Waals surface area contributed by atoms with Gasteiger partial charge in [0.05, 0.1) is 0 Å². The molecular formula is C49H103N7O3. The molecule has 10 nitrogen and oxygen atoms in total. The third-order valence-electron chi connectivity index (χ3n) is 11.7. The molecule has 0 aromatic heterocycles. The normalized spacial score (nSPS) is 11.6. The first-order valence-corrected chi connectivity index (χ1v) is 26.0. The van der Waals surface area contributed by atoms with E-state index in [1.165, 1.54) is 193 Å². The Hall–Kier alpha value is -1.30. The quantitative estimate of drug-likeness (QED) is 0.0261. The zero-order valence-corrected chi connectivity index (χ0v) is 39.6. The number of carbonyl (C=O) groups is 2. The predicted molar refractivity (Wildman–Crippen MR) is 255 cm³/mol. The Bertz CT molecular complexity index is 814. The highest BCUT2D eigenvalue weighted by Crippen LogP contribution is 2.15. The molecule has 7 N–H and O–H groups in total. The lowest BCUT2D eigenvalue weighted by Gasteiger charge is -2.26. The molecule has 0 heterocycles. The van der Waals surface area contributed by atoms with E-state index in [0.717, 1.165) is 69.7 Å². The highest BCUT2D eigenvalue weighted by Gasteiger charge is 2.22. The lowest BCUT2D eigenvalue weighted by molar-refractivity contribution is -0.132. The van der Waals surface area contributed by atoms with Crippen LogP contribution in [0.4, 0.5) is 4.79 Å². The molecule has 0 aliphatic rings. The molecule has 0 bridgehead atoms. The van der Waals surface area contributed by atoms with Crippen LogP contribution in [0.5, 0.6) is 0 Å². The minimum absolute atomic E-state index is 0.00536. The zero-order chi connectivity index (χ0) is 43.0. The van der Waals surface area contributed by atoms with Crippen LogP contribution in [-0.2, 0) is 4.79 Å². The summed E-state index contributed by atoms with van der Waals surface area (Å²) in [5.41, 5.74) is 12.4. The van der Waals surface area contributed by atoms with E-state index in [1.807, 2.05) is 0 Å². The van der Waals surface area contributed by atoms with E-state index in [-0.39, 0.29) is 19.0 Å². The van der Waals surface area contributed by atoms with Crippen LogP contribution in [0, 0.1) is 0 Å². The number of hydrazine groups is 2. The van der Waals surface area contributed by atoms with E-state index < -0.39 is 6.09 Å². The second kappa shape index (κ2) is 49.4. The number of nitrogens with two attached hydrogens (primary N) is 1. The Morgan fingerprint density at radius 1 is 0.407 bits per heavy atom. The summed E-state index contributed by atoms with van der Waals surface area (Å²) in [6, 6.07) is 0. The molecule has 0 aromatic carbocycles. The molecule has 0 saturated heterocycles. The third kappa shape index (κ3) is 44.6. The standard InChI is InChI=1S/C49H103N7O3/c1-3-5-7-9-11-13-15-17-19-21-23-25-27-29-31-33-44-53-56(54-45-34-32-30-28-26-24-22-20-18-16-14-12-10-8-6-4-2)47-48(57)55(49(58)59)46-38-43-52-41-36-35-40-51-42-37-39-50/h51-54H,3-47,50H2,1-2H3,(H,58,59). The number of imide groups is 1. The molecule has 10 heteroatoms. The van der Waals surface area contributed by atoms with Gasteiger partial charge in [-0.25, -0.2) is 20.5 Å². The molecule has 59 heavy (non-hydrogen) atoms. The van der Waals surface area contributed by atoms with Crippen LogP contribution in [0.3, 0.4) is 0 Å². The van der Waals surface area contributed by atoms with Crippen molar-refractivity contribution >= 4 is 12.0 Å². The van der Waals surface area contributed by atoms with E-state index in [2.05, 4.69) is 35.3 Å². The molecule has 0 unspecified atom stereocenters. The van der Waals surface area contributed by atoms with Gasteiger partial charge in [0.15, 0.2) is 0 Å². The second-order valence-electron chi connectivity index (χ2n) is 17.5. The van der Waals surface area contributed by atoms with Crippen LogP contribution < -0.4 is 27.2 Å². The number of hydrogen-bond donors (Lipinski definition) is 6. The van der Waals surface area contributed by atoms with E-state index in [0.29, 0.717) is 19.5 Å². The van der Waals surface area contributed by atoms with Gasteiger partial charge in [0.1, 0.15) is 6.54 Å². The summed E-state index contributed by atoms with van der Waals surface area (Å²) in [6.45, 7) is 10.6. The largest absolute Gasteiger partial charge is 0.465 e. The molecule has 0 spiro atoms. The highest BCUT2D eigenvalue weighted by molar-refractivity contribution is 5.92. The summed E-state index contributed by atoms with van der Waals surface area (Å²) >= 11 is 0. The Morgan fingerprint density at radius 3 is 1.02 bits per heavy atom. The van der Waals surface area contributed by atoms with Gasteiger partial charge in [0, 0.05) is 19.6 Å². The number of nitrogens with zero attached hydrogens (tertiary/aromatic N) is 2. The molecule has 0 fully saturated rings. The fourth-order valence-corrected chi connectivity index (χ4v) is 7.83. The molecule has 0 rings (SSSR count). The van der Waals surface area contributed by atoms with Crippen molar-refractivity contribution in [2.24, 2.45) is 5.73 Å². The van der Waals surface area contributed by atoms with E-state index in [1.54, 1.807) is 5.12 Å². The van der Waals surface area contributed by atoms with Gasteiger partial charge in [-0.2, -0.15) is 5.12 Å². The summed E-state index contributed by atoms with van der Waals surface area (Å²) < 4.78 is 0. The molecule has 0 aromatic rings. The van der Waals surface area contributed by atoms with Crippen LogP contribution in [0.25, 0.3) is 0 Å². The maximum absolute atomic E-state index is 13.3. The molecule has 0 aliphatic heterocycles. The average molecular weight is 838 g/mol. The van der Waals surface area contributed by atoms with Crippen LogP contribution in [0.2, 0.25) is 0 Å². The van der Waals surface area contributed by atoms with Crippen LogP contribution in [0.15, 0.2) is 0 Å². The van der Waals surface area contributed by atoms with E-state index >= 15 is 0 Å². The molecule has 2 amide bonds. The maximum atomic E-state index is 13.3. The van der Waals surface area contributed by atoms with Crippen molar-refractivity contribution in [3.63, 3.8) is 0 Å². The first kappa shape index (κ1) is 57.7. The molecule has 0 radical (unpaired) electrons. The van der Waals surface area contributed by atoms with Gasteiger partial charge in [0.25, 0.3) is 0 Å². The van der Waals surface area contributed by atoms with Crippen LogP contribution >= 0.6 is 0 Å². The van der Waals surface area contributed by atoms with E-state index in [4.69, 9.17) is 5.73 Å². The number of carbonyl (C=O) groups excluding carboxylic acids is 1. The number of rotatable bonds is 50. The minimum atomic E-state index is -1.17. The molecule has 352 valence electrons. The van der Waals surface area contributed by atoms with Crippen molar-refractivity contribution in [3.05, 3.63) is 0 Å². The summed E-state index contributed by atoms with van der Waals surface area (Å²) in [7, 11) is 0. The van der Waals surface area contributed by atoms with Crippen molar-refractivity contribution in [2.75, 3.05) is 58.9 Å². The van der Waals surface area contributed by atoms with Gasteiger partial charge in [-0.15, -0.1) is 0 Å². The second-order valence-corrected chi connectivity index (χ2v) is 17.5. The third-order valence-corrected chi connectivity index (χ3v) is 11.7.